The topological polar surface area (TPSA) is 57.7 Å². The Hall–Kier alpha value is -1.82. The van der Waals surface area contributed by atoms with Crippen LogP contribution in [0.15, 0.2) is 18.3 Å². The van der Waals surface area contributed by atoms with Gasteiger partial charge in [-0.15, -0.1) is 0 Å². The van der Waals surface area contributed by atoms with E-state index in [1.807, 2.05) is 19.2 Å². The second-order valence-electron chi connectivity index (χ2n) is 4.94. The third-order valence-corrected chi connectivity index (χ3v) is 3.54. The number of nitrogens with zero attached hydrogens (tertiary/aromatic N) is 3. The number of carbonyl (C=O) groups is 1. The first kappa shape index (κ1) is 15.6. The summed E-state index contributed by atoms with van der Waals surface area (Å²) in [6.45, 7) is 9.02. The Morgan fingerprint density at radius 2 is 2.10 bits per heavy atom. The third kappa shape index (κ3) is 4.07. The van der Waals surface area contributed by atoms with Crippen LogP contribution in [0.1, 0.15) is 19.4 Å². The van der Waals surface area contributed by atoms with Crippen LogP contribution in [0.25, 0.3) is 0 Å². The molecule has 0 aliphatic carbocycles. The lowest BCUT2D eigenvalue weighted by Crippen LogP contribution is -2.49. The van der Waals surface area contributed by atoms with Gasteiger partial charge in [0, 0.05) is 44.5 Å². The van der Waals surface area contributed by atoms with Gasteiger partial charge in [0.15, 0.2) is 0 Å². The van der Waals surface area contributed by atoms with E-state index >= 15 is 0 Å². The summed E-state index contributed by atoms with van der Waals surface area (Å²) < 4.78 is 5.04. The minimum Gasteiger partial charge on any atom is -0.450 e. The Labute approximate surface area is 126 Å². The van der Waals surface area contributed by atoms with Crippen molar-refractivity contribution >= 4 is 11.9 Å². The second kappa shape index (κ2) is 7.83. The highest BCUT2D eigenvalue weighted by molar-refractivity contribution is 5.68. The van der Waals surface area contributed by atoms with Gasteiger partial charge in [-0.3, -0.25) is 0 Å². The van der Waals surface area contributed by atoms with Crippen molar-refractivity contribution in [2.24, 2.45) is 0 Å². The van der Waals surface area contributed by atoms with E-state index < -0.39 is 0 Å². The second-order valence-corrected chi connectivity index (χ2v) is 4.94. The molecule has 1 saturated heterocycles. The lowest BCUT2D eigenvalue weighted by Gasteiger charge is -2.35. The van der Waals surface area contributed by atoms with E-state index in [4.69, 9.17) is 4.74 Å². The third-order valence-electron chi connectivity index (χ3n) is 3.54. The molecule has 0 spiro atoms. The van der Waals surface area contributed by atoms with Crippen molar-refractivity contribution in [3.8, 4) is 0 Å². The van der Waals surface area contributed by atoms with Crippen molar-refractivity contribution in [3.05, 3.63) is 23.9 Å². The average Bonchev–Trinajstić information content (AvgIpc) is 2.53. The number of rotatable bonds is 5. The van der Waals surface area contributed by atoms with Crippen LogP contribution < -0.4 is 10.2 Å². The number of hydrogen-bond donors (Lipinski definition) is 1. The number of anilines is 1. The molecule has 6 heteroatoms. The van der Waals surface area contributed by atoms with Crippen molar-refractivity contribution in [2.75, 3.05) is 44.2 Å². The molecule has 1 aliphatic heterocycles. The Balaban J connectivity index is 1.97. The maximum atomic E-state index is 11.7. The Kier molecular flexibility index (Phi) is 5.80. The normalized spacial score (nSPS) is 15.1. The minimum absolute atomic E-state index is 0.217. The molecule has 0 atom stereocenters. The smallest absolute Gasteiger partial charge is 0.409 e. The van der Waals surface area contributed by atoms with Crippen molar-refractivity contribution in [2.45, 2.75) is 20.4 Å². The molecule has 0 saturated carbocycles. The summed E-state index contributed by atoms with van der Waals surface area (Å²) in [5.41, 5.74) is 1.20. The predicted octanol–water partition coefficient (Wildman–Crippen LogP) is 1.47. The largest absolute Gasteiger partial charge is 0.450 e. The zero-order valence-corrected chi connectivity index (χ0v) is 12.8. The molecule has 1 aromatic heterocycles. The van der Waals surface area contributed by atoms with Crippen molar-refractivity contribution < 1.29 is 9.53 Å². The van der Waals surface area contributed by atoms with Crippen LogP contribution in [0.3, 0.4) is 0 Å². The summed E-state index contributed by atoms with van der Waals surface area (Å²) in [5, 5.41) is 3.34. The van der Waals surface area contributed by atoms with Gasteiger partial charge in [0.1, 0.15) is 5.82 Å². The monoisotopic (exact) mass is 292 g/mol. The van der Waals surface area contributed by atoms with Gasteiger partial charge >= 0.3 is 6.09 Å². The van der Waals surface area contributed by atoms with Gasteiger partial charge in [-0.1, -0.05) is 13.0 Å². The number of carbonyl (C=O) groups excluding carboxylic acids is 1. The molecule has 116 valence electrons. The molecule has 1 N–H and O–H groups in total. The van der Waals surface area contributed by atoms with Gasteiger partial charge in [0.05, 0.1) is 6.61 Å². The van der Waals surface area contributed by atoms with Crippen LogP contribution in [0.5, 0.6) is 0 Å². The molecule has 1 amide bonds. The molecule has 0 radical (unpaired) electrons. The molecule has 6 nitrogen and oxygen atoms in total. The summed E-state index contributed by atoms with van der Waals surface area (Å²) in [6.07, 6.45) is 1.61. The van der Waals surface area contributed by atoms with Gasteiger partial charge in [0.25, 0.3) is 0 Å². The standard InChI is InChI=1S/C15H24N4O2/c1-3-16-12-13-6-5-7-17-14(13)18-8-10-19(11-9-18)15(20)21-4-2/h5-7,16H,3-4,8-12H2,1-2H3. The maximum Gasteiger partial charge on any atom is 0.409 e. The fraction of sp³-hybridized carbons (Fsp3) is 0.600. The van der Waals surface area contributed by atoms with Crippen LogP contribution >= 0.6 is 0 Å². The highest BCUT2D eigenvalue weighted by Gasteiger charge is 2.23. The fourth-order valence-electron chi connectivity index (χ4n) is 2.43. The lowest BCUT2D eigenvalue weighted by atomic mass is 10.2. The molecule has 2 rings (SSSR count). The number of aromatic nitrogens is 1. The van der Waals surface area contributed by atoms with Crippen LogP contribution in [-0.2, 0) is 11.3 Å². The van der Waals surface area contributed by atoms with Gasteiger partial charge in [-0.05, 0) is 19.5 Å². The van der Waals surface area contributed by atoms with Crippen LogP contribution in [0.2, 0.25) is 0 Å². The summed E-state index contributed by atoms with van der Waals surface area (Å²) in [4.78, 5) is 20.2. The highest BCUT2D eigenvalue weighted by atomic mass is 16.6. The summed E-state index contributed by atoms with van der Waals surface area (Å²) >= 11 is 0. The van der Waals surface area contributed by atoms with E-state index in [1.54, 1.807) is 4.90 Å². The van der Waals surface area contributed by atoms with Gasteiger partial charge in [-0.25, -0.2) is 9.78 Å². The zero-order chi connectivity index (χ0) is 15.1. The number of piperazine rings is 1. The van der Waals surface area contributed by atoms with Gasteiger partial charge in [-0.2, -0.15) is 0 Å². The molecule has 21 heavy (non-hydrogen) atoms. The van der Waals surface area contributed by atoms with E-state index in [0.717, 1.165) is 32.0 Å². The van der Waals surface area contributed by atoms with E-state index in [0.29, 0.717) is 19.7 Å². The van der Waals surface area contributed by atoms with Crippen LogP contribution in [0, 0.1) is 0 Å². The predicted molar refractivity (Wildman–Crippen MR) is 82.4 cm³/mol. The maximum absolute atomic E-state index is 11.7. The Morgan fingerprint density at radius 1 is 1.33 bits per heavy atom. The van der Waals surface area contributed by atoms with Crippen LogP contribution in [0.4, 0.5) is 10.6 Å². The molecule has 1 aliphatic rings. The number of ether oxygens (including phenoxy) is 1. The SMILES string of the molecule is CCNCc1cccnc1N1CCN(C(=O)OCC)CC1. The fourth-order valence-corrected chi connectivity index (χ4v) is 2.43. The summed E-state index contributed by atoms with van der Waals surface area (Å²) in [5.74, 6) is 1.02. The van der Waals surface area contributed by atoms with Crippen molar-refractivity contribution in [1.29, 1.82) is 0 Å². The summed E-state index contributed by atoms with van der Waals surface area (Å²) in [7, 11) is 0. The van der Waals surface area contributed by atoms with E-state index in [-0.39, 0.29) is 6.09 Å². The Bertz CT molecular complexity index is 459. The lowest BCUT2D eigenvalue weighted by molar-refractivity contribution is 0.105. The molecule has 0 unspecified atom stereocenters. The molecule has 1 fully saturated rings. The van der Waals surface area contributed by atoms with E-state index in [2.05, 4.69) is 28.2 Å². The molecular weight excluding hydrogens is 268 g/mol. The van der Waals surface area contributed by atoms with Crippen molar-refractivity contribution in [3.63, 3.8) is 0 Å². The molecule has 0 aromatic carbocycles. The summed E-state index contributed by atoms with van der Waals surface area (Å²) in [6, 6.07) is 4.06. The number of pyridine rings is 1. The average molecular weight is 292 g/mol. The van der Waals surface area contributed by atoms with E-state index in [9.17, 15) is 4.79 Å². The first-order chi connectivity index (χ1) is 10.3. The van der Waals surface area contributed by atoms with Crippen LogP contribution in [-0.4, -0.2) is 55.3 Å². The first-order valence-electron chi connectivity index (χ1n) is 7.57. The first-order valence-corrected chi connectivity index (χ1v) is 7.57. The Morgan fingerprint density at radius 3 is 2.76 bits per heavy atom. The molecule has 1 aromatic rings. The van der Waals surface area contributed by atoms with Crippen molar-refractivity contribution in [1.82, 2.24) is 15.2 Å². The highest BCUT2D eigenvalue weighted by Crippen LogP contribution is 2.19. The van der Waals surface area contributed by atoms with E-state index in [1.165, 1.54) is 5.56 Å². The van der Waals surface area contributed by atoms with Gasteiger partial charge < -0.3 is 19.9 Å². The molecule has 2 heterocycles. The molecular formula is C15H24N4O2. The zero-order valence-electron chi connectivity index (χ0n) is 12.8. The molecule has 0 bridgehead atoms. The minimum atomic E-state index is -0.217. The number of hydrogen-bond acceptors (Lipinski definition) is 5. The number of nitrogens with one attached hydrogen (secondary N) is 1. The number of amides is 1. The quantitative estimate of drug-likeness (QED) is 0.890. The van der Waals surface area contributed by atoms with Gasteiger partial charge in [0.2, 0.25) is 0 Å².